The Labute approximate surface area is 173 Å². The fourth-order valence-corrected chi connectivity index (χ4v) is 3.94. The first-order chi connectivity index (χ1) is 14.3. The van der Waals surface area contributed by atoms with Crippen LogP contribution < -0.4 is 10.6 Å². The number of fused-ring (bicyclic) bond motifs is 2. The van der Waals surface area contributed by atoms with E-state index in [1.165, 1.54) is 6.07 Å². The van der Waals surface area contributed by atoms with Crippen molar-refractivity contribution in [2.24, 2.45) is 7.05 Å². The van der Waals surface area contributed by atoms with Crippen molar-refractivity contribution >= 4 is 49.6 Å². The molecule has 0 aliphatic rings. The molecule has 0 aliphatic carbocycles. The normalized spacial score (nSPS) is 11.9. The summed E-state index contributed by atoms with van der Waals surface area (Å²) < 4.78 is 41.0. The molecule has 0 bridgehead atoms. The number of imidazole rings is 1. The Morgan fingerprint density at radius 3 is 2.67 bits per heavy atom. The number of amides is 1. The van der Waals surface area contributed by atoms with Crippen LogP contribution in [-0.4, -0.2) is 27.0 Å². The average molecular weight is 433 g/mol. The zero-order valence-corrected chi connectivity index (χ0v) is 17.0. The lowest BCUT2D eigenvalue weighted by atomic mass is 10.2. The van der Waals surface area contributed by atoms with Crippen LogP contribution in [-0.2, 0) is 13.2 Å². The van der Waals surface area contributed by atoms with Crippen LogP contribution in [0, 0.1) is 0 Å². The summed E-state index contributed by atoms with van der Waals surface area (Å²) in [6.45, 7) is 2.58. The molecule has 0 saturated heterocycles. The Bertz CT molecular complexity index is 1240. The van der Waals surface area contributed by atoms with Crippen LogP contribution in [0.3, 0.4) is 0 Å². The van der Waals surface area contributed by atoms with Gasteiger partial charge >= 0.3 is 6.18 Å². The van der Waals surface area contributed by atoms with E-state index in [4.69, 9.17) is 0 Å². The quantitative estimate of drug-likeness (QED) is 0.460. The van der Waals surface area contributed by atoms with Gasteiger partial charge in [0.25, 0.3) is 5.91 Å². The number of alkyl halides is 3. The first-order valence-corrected chi connectivity index (χ1v) is 10.1. The average Bonchev–Trinajstić information content (AvgIpc) is 3.25. The molecule has 0 aliphatic heterocycles. The van der Waals surface area contributed by atoms with Gasteiger partial charge in [-0.25, -0.2) is 9.97 Å². The number of hydrogen-bond acceptors (Lipinski definition) is 5. The third-order valence-corrected chi connectivity index (χ3v) is 5.55. The zero-order chi connectivity index (χ0) is 21.5. The predicted octanol–water partition coefficient (Wildman–Crippen LogP) is 5.09. The van der Waals surface area contributed by atoms with Crippen LogP contribution in [0.25, 0.3) is 21.3 Å². The number of aromatic nitrogens is 3. The predicted molar refractivity (Wildman–Crippen MR) is 111 cm³/mol. The Morgan fingerprint density at radius 1 is 1.13 bits per heavy atom. The lowest BCUT2D eigenvalue weighted by molar-refractivity contribution is -0.137. The van der Waals surface area contributed by atoms with Crippen molar-refractivity contribution in [3.63, 3.8) is 0 Å². The van der Waals surface area contributed by atoms with Gasteiger partial charge < -0.3 is 15.2 Å². The second-order valence-electron chi connectivity index (χ2n) is 6.78. The molecule has 2 aromatic carbocycles. The maximum Gasteiger partial charge on any atom is 0.416 e. The first kappa shape index (κ1) is 20.1. The van der Waals surface area contributed by atoms with Crippen molar-refractivity contribution in [3.8, 4) is 0 Å². The standard InChI is InChI=1S/C20H18F3N5OS/c1-3-8-24-17(29)11-4-7-15-14(9-11)25-18(28(15)2)27-19-26-13-6-5-12(20(21,22)23)10-16(13)30-19/h4-7,9-10H,3,8H2,1-2H3,(H,24,29)(H,25,26,27). The van der Waals surface area contributed by atoms with Crippen LogP contribution in [0.5, 0.6) is 0 Å². The minimum Gasteiger partial charge on any atom is -0.352 e. The number of carbonyl (C=O) groups excluding carboxylic acids is 1. The zero-order valence-electron chi connectivity index (χ0n) is 16.2. The lowest BCUT2D eigenvalue weighted by Gasteiger charge is -2.04. The highest BCUT2D eigenvalue weighted by molar-refractivity contribution is 7.22. The second-order valence-corrected chi connectivity index (χ2v) is 7.81. The Balaban J connectivity index is 1.63. The Hall–Kier alpha value is -3.14. The summed E-state index contributed by atoms with van der Waals surface area (Å²) >= 11 is 1.12. The van der Waals surface area contributed by atoms with Crippen LogP contribution in [0.4, 0.5) is 24.3 Å². The fraction of sp³-hybridized carbons (Fsp3) is 0.250. The summed E-state index contributed by atoms with van der Waals surface area (Å²) in [5.74, 6) is 0.316. The number of anilines is 2. The maximum atomic E-state index is 12.9. The van der Waals surface area contributed by atoms with E-state index in [9.17, 15) is 18.0 Å². The van der Waals surface area contributed by atoms with Gasteiger partial charge in [0, 0.05) is 19.2 Å². The highest BCUT2D eigenvalue weighted by Crippen LogP contribution is 2.35. The molecular weight excluding hydrogens is 415 g/mol. The number of carbonyl (C=O) groups is 1. The first-order valence-electron chi connectivity index (χ1n) is 9.25. The molecule has 0 atom stereocenters. The number of halogens is 3. The molecule has 2 aromatic heterocycles. The summed E-state index contributed by atoms with van der Waals surface area (Å²) in [7, 11) is 1.81. The lowest BCUT2D eigenvalue weighted by Crippen LogP contribution is -2.23. The summed E-state index contributed by atoms with van der Waals surface area (Å²) in [4.78, 5) is 21.0. The van der Waals surface area contributed by atoms with Crippen molar-refractivity contribution in [2.45, 2.75) is 19.5 Å². The van der Waals surface area contributed by atoms with E-state index < -0.39 is 11.7 Å². The van der Waals surface area contributed by atoms with E-state index in [0.29, 0.717) is 38.9 Å². The third-order valence-electron chi connectivity index (χ3n) is 4.61. The summed E-state index contributed by atoms with van der Waals surface area (Å²) in [5.41, 5.74) is 1.72. The maximum absolute atomic E-state index is 12.9. The van der Waals surface area contributed by atoms with E-state index >= 15 is 0 Å². The molecule has 6 nitrogen and oxygen atoms in total. The van der Waals surface area contributed by atoms with Gasteiger partial charge in [-0.2, -0.15) is 13.2 Å². The largest absolute Gasteiger partial charge is 0.416 e. The van der Waals surface area contributed by atoms with Gasteiger partial charge in [-0.1, -0.05) is 18.3 Å². The molecule has 4 aromatic rings. The van der Waals surface area contributed by atoms with Gasteiger partial charge in [0.2, 0.25) is 5.95 Å². The molecule has 0 radical (unpaired) electrons. The molecule has 0 spiro atoms. The molecule has 10 heteroatoms. The SMILES string of the molecule is CCCNC(=O)c1ccc2c(c1)nc(Nc1nc3ccc(C(F)(F)F)cc3s1)n2C. The topological polar surface area (TPSA) is 71.8 Å². The summed E-state index contributed by atoms with van der Waals surface area (Å²) in [6.07, 6.45) is -3.55. The van der Waals surface area contributed by atoms with E-state index in [0.717, 1.165) is 35.4 Å². The molecule has 2 N–H and O–H groups in total. The van der Waals surface area contributed by atoms with Crippen LogP contribution >= 0.6 is 11.3 Å². The summed E-state index contributed by atoms with van der Waals surface area (Å²) in [5, 5.41) is 6.33. The van der Waals surface area contributed by atoms with Gasteiger partial charge in [-0.3, -0.25) is 4.79 Å². The van der Waals surface area contributed by atoms with Gasteiger partial charge in [0.1, 0.15) is 0 Å². The van der Waals surface area contributed by atoms with Gasteiger partial charge in [0.05, 0.1) is 26.8 Å². The smallest absolute Gasteiger partial charge is 0.352 e. The van der Waals surface area contributed by atoms with Gasteiger partial charge in [-0.05, 0) is 42.8 Å². The molecule has 1 amide bonds. The number of aryl methyl sites for hydroxylation is 1. The Morgan fingerprint density at radius 2 is 1.93 bits per heavy atom. The molecule has 0 fully saturated rings. The van der Waals surface area contributed by atoms with E-state index in [-0.39, 0.29) is 5.91 Å². The second kappa shape index (κ2) is 7.60. The van der Waals surface area contributed by atoms with E-state index in [2.05, 4.69) is 20.6 Å². The van der Waals surface area contributed by atoms with E-state index in [1.54, 1.807) is 16.7 Å². The fourth-order valence-electron chi connectivity index (χ4n) is 3.04. The number of rotatable bonds is 5. The molecule has 0 unspecified atom stereocenters. The highest BCUT2D eigenvalue weighted by atomic mass is 32.1. The van der Waals surface area contributed by atoms with Crippen LogP contribution in [0.1, 0.15) is 29.3 Å². The van der Waals surface area contributed by atoms with Gasteiger partial charge in [-0.15, -0.1) is 0 Å². The molecule has 30 heavy (non-hydrogen) atoms. The van der Waals surface area contributed by atoms with Crippen molar-refractivity contribution in [1.29, 1.82) is 0 Å². The monoisotopic (exact) mass is 433 g/mol. The Kier molecular flexibility index (Phi) is 5.10. The van der Waals surface area contributed by atoms with Gasteiger partial charge in [0.15, 0.2) is 5.13 Å². The minimum atomic E-state index is -4.40. The van der Waals surface area contributed by atoms with Crippen molar-refractivity contribution in [1.82, 2.24) is 19.9 Å². The van der Waals surface area contributed by atoms with Crippen LogP contribution in [0.15, 0.2) is 36.4 Å². The van der Waals surface area contributed by atoms with Crippen molar-refractivity contribution < 1.29 is 18.0 Å². The summed E-state index contributed by atoms with van der Waals surface area (Å²) in [6, 6.07) is 8.72. The molecule has 156 valence electrons. The third kappa shape index (κ3) is 3.82. The van der Waals surface area contributed by atoms with Crippen LogP contribution in [0.2, 0.25) is 0 Å². The number of benzene rings is 2. The minimum absolute atomic E-state index is 0.162. The molecule has 0 saturated carbocycles. The highest BCUT2D eigenvalue weighted by Gasteiger charge is 2.30. The van der Waals surface area contributed by atoms with Crippen molar-refractivity contribution in [3.05, 3.63) is 47.5 Å². The van der Waals surface area contributed by atoms with E-state index in [1.807, 2.05) is 20.0 Å². The number of nitrogens with zero attached hydrogens (tertiary/aromatic N) is 3. The molecular formula is C20H18F3N5OS. The number of thiazole rings is 1. The number of hydrogen-bond donors (Lipinski definition) is 2. The van der Waals surface area contributed by atoms with Crippen molar-refractivity contribution in [2.75, 3.05) is 11.9 Å². The number of nitrogens with one attached hydrogen (secondary N) is 2. The molecule has 4 rings (SSSR count). The molecule has 2 heterocycles.